The molecule has 0 aliphatic heterocycles. The fraction of sp³-hybridized carbons (Fsp3) is 0.538. The van der Waals surface area contributed by atoms with Crippen LogP contribution in [0.1, 0.15) is 32.3 Å². The first-order chi connectivity index (χ1) is 8.24. The molecule has 4 nitrogen and oxygen atoms in total. The van der Waals surface area contributed by atoms with Crippen molar-refractivity contribution in [3.05, 3.63) is 17.7 Å². The highest BCUT2D eigenvalue weighted by atomic mass is 35.5. The summed E-state index contributed by atoms with van der Waals surface area (Å²) >= 11 is 0. The molecule has 3 N–H and O–H groups in total. The molecule has 0 fully saturated rings. The first-order valence-electron chi connectivity index (χ1n) is 6.05. The lowest BCUT2D eigenvalue weighted by Crippen LogP contribution is -2.06. The van der Waals surface area contributed by atoms with Crippen molar-refractivity contribution in [1.29, 1.82) is 0 Å². The van der Waals surface area contributed by atoms with E-state index in [1.807, 2.05) is 13.8 Å². The van der Waals surface area contributed by atoms with Gasteiger partial charge in [-0.3, -0.25) is 0 Å². The van der Waals surface area contributed by atoms with Crippen molar-refractivity contribution < 1.29 is 14.6 Å². The zero-order chi connectivity index (χ0) is 12.7. The Morgan fingerprint density at radius 2 is 1.61 bits per heavy atom. The Labute approximate surface area is 115 Å². The lowest BCUT2D eigenvalue weighted by atomic mass is 10.1. The summed E-state index contributed by atoms with van der Waals surface area (Å²) in [6, 6.07) is 3.35. The van der Waals surface area contributed by atoms with E-state index in [1.54, 1.807) is 12.1 Å². The summed E-state index contributed by atoms with van der Waals surface area (Å²) < 4.78 is 11.1. The molecule has 104 valence electrons. The molecule has 18 heavy (non-hydrogen) atoms. The van der Waals surface area contributed by atoms with Crippen LogP contribution in [0.5, 0.6) is 17.2 Å². The van der Waals surface area contributed by atoms with Gasteiger partial charge in [0.25, 0.3) is 0 Å². The summed E-state index contributed by atoms with van der Waals surface area (Å²) in [5.74, 6) is 1.08. The van der Waals surface area contributed by atoms with Crippen molar-refractivity contribution in [2.24, 2.45) is 5.73 Å². The van der Waals surface area contributed by atoms with Crippen molar-refractivity contribution >= 4 is 12.4 Å². The Bertz CT molecular complexity index is 358. The van der Waals surface area contributed by atoms with E-state index in [0.717, 1.165) is 18.4 Å². The van der Waals surface area contributed by atoms with E-state index in [4.69, 9.17) is 15.2 Å². The first kappa shape index (κ1) is 16.9. The second-order valence-corrected chi connectivity index (χ2v) is 3.80. The molecule has 0 spiro atoms. The second kappa shape index (κ2) is 8.89. The minimum Gasteiger partial charge on any atom is -0.504 e. The van der Waals surface area contributed by atoms with Crippen LogP contribution < -0.4 is 15.2 Å². The minimum absolute atomic E-state index is 0. The molecule has 0 saturated heterocycles. The van der Waals surface area contributed by atoms with Crippen LogP contribution in [0.2, 0.25) is 0 Å². The van der Waals surface area contributed by atoms with Crippen LogP contribution in [0.15, 0.2) is 12.1 Å². The molecule has 0 aliphatic rings. The molecule has 0 aliphatic carbocycles. The Kier molecular flexibility index (Phi) is 8.33. The molecular formula is C13H22ClNO3. The quantitative estimate of drug-likeness (QED) is 0.803. The smallest absolute Gasteiger partial charge is 0.203 e. The van der Waals surface area contributed by atoms with Crippen LogP contribution in [-0.2, 0) is 6.54 Å². The number of halogens is 1. The van der Waals surface area contributed by atoms with Gasteiger partial charge in [0.15, 0.2) is 11.5 Å². The van der Waals surface area contributed by atoms with Crippen LogP contribution in [-0.4, -0.2) is 18.3 Å². The summed E-state index contributed by atoms with van der Waals surface area (Å²) in [4.78, 5) is 0. The molecular weight excluding hydrogens is 254 g/mol. The molecule has 1 aromatic rings. The lowest BCUT2D eigenvalue weighted by molar-refractivity contribution is 0.256. The lowest BCUT2D eigenvalue weighted by Gasteiger charge is -2.16. The number of hydrogen-bond acceptors (Lipinski definition) is 4. The molecule has 0 bridgehead atoms. The van der Waals surface area contributed by atoms with Gasteiger partial charge in [-0.2, -0.15) is 0 Å². The van der Waals surface area contributed by atoms with Gasteiger partial charge < -0.3 is 20.3 Å². The summed E-state index contributed by atoms with van der Waals surface area (Å²) in [5, 5.41) is 9.79. The average molecular weight is 276 g/mol. The Hall–Kier alpha value is -1.13. The van der Waals surface area contributed by atoms with E-state index < -0.39 is 0 Å². The van der Waals surface area contributed by atoms with E-state index in [0.29, 0.717) is 31.3 Å². The molecule has 0 radical (unpaired) electrons. The van der Waals surface area contributed by atoms with Gasteiger partial charge in [0.2, 0.25) is 5.75 Å². The van der Waals surface area contributed by atoms with E-state index in [2.05, 4.69) is 0 Å². The number of rotatable bonds is 7. The molecule has 0 aromatic heterocycles. The maximum atomic E-state index is 9.79. The third kappa shape index (κ3) is 4.27. The summed E-state index contributed by atoms with van der Waals surface area (Å²) in [5.41, 5.74) is 6.50. The summed E-state index contributed by atoms with van der Waals surface area (Å²) in [7, 11) is 0. The predicted octanol–water partition coefficient (Wildman–Crippen LogP) is 2.85. The minimum atomic E-state index is 0. The van der Waals surface area contributed by atoms with Gasteiger partial charge in [-0.25, -0.2) is 0 Å². The Morgan fingerprint density at radius 3 is 2.11 bits per heavy atom. The van der Waals surface area contributed by atoms with Gasteiger partial charge in [0.1, 0.15) is 0 Å². The average Bonchev–Trinajstić information content (AvgIpc) is 2.35. The van der Waals surface area contributed by atoms with Crippen molar-refractivity contribution in [3.8, 4) is 17.2 Å². The molecule has 0 amide bonds. The van der Waals surface area contributed by atoms with Crippen molar-refractivity contribution in [2.45, 2.75) is 33.2 Å². The monoisotopic (exact) mass is 275 g/mol. The Morgan fingerprint density at radius 1 is 1.06 bits per heavy atom. The maximum absolute atomic E-state index is 9.79. The van der Waals surface area contributed by atoms with Gasteiger partial charge in [0.05, 0.1) is 13.2 Å². The van der Waals surface area contributed by atoms with E-state index >= 15 is 0 Å². The van der Waals surface area contributed by atoms with Gasteiger partial charge in [0, 0.05) is 12.1 Å². The standard InChI is InChI=1S/C13H21NO3.ClH/c1-3-7-16-12-10(9-14)5-6-11(15)13(12)17-8-4-2;/h5-6,15H,3-4,7-9,14H2,1-2H3;1H. The first-order valence-corrected chi connectivity index (χ1v) is 6.05. The molecule has 0 unspecified atom stereocenters. The molecule has 0 saturated carbocycles. The zero-order valence-electron chi connectivity index (χ0n) is 10.9. The number of nitrogens with two attached hydrogens (primary N) is 1. The third-order valence-electron chi connectivity index (χ3n) is 2.29. The highest BCUT2D eigenvalue weighted by molar-refractivity contribution is 5.85. The van der Waals surface area contributed by atoms with Gasteiger partial charge in [-0.1, -0.05) is 19.9 Å². The van der Waals surface area contributed by atoms with Crippen molar-refractivity contribution in [3.63, 3.8) is 0 Å². The topological polar surface area (TPSA) is 64.7 Å². The van der Waals surface area contributed by atoms with Crippen LogP contribution in [0, 0.1) is 0 Å². The van der Waals surface area contributed by atoms with Crippen molar-refractivity contribution in [2.75, 3.05) is 13.2 Å². The second-order valence-electron chi connectivity index (χ2n) is 3.80. The van der Waals surface area contributed by atoms with Gasteiger partial charge in [-0.15, -0.1) is 12.4 Å². The largest absolute Gasteiger partial charge is 0.504 e. The number of phenols is 1. The molecule has 1 rings (SSSR count). The fourth-order valence-electron chi connectivity index (χ4n) is 1.46. The van der Waals surface area contributed by atoms with Gasteiger partial charge >= 0.3 is 0 Å². The normalized spacial score (nSPS) is 9.72. The fourth-order valence-corrected chi connectivity index (χ4v) is 1.46. The van der Waals surface area contributed by atoms with Crippen molar-refractivity contribution in [1.82, 2.24) is 0 Å². The van der Waals surface area contributed by atoms with Gasteiger partial charge in [-0.05, 0) is 18.9 Å². The molecule has 0 heterocycles. The Balaban J connectivity index is 0.00000289. The number of hydrogen-bond donors (Lipinski definition) is 2. The number of phenolic OH excluding ortho intramolecular Hbond substituents is 1. The summed E-state index contributed by atoms with van der Waals surface area (Å²) in [6.45, 7) is 5.53. The SMILES string of the molecule is CCCOc1c(O)ccc(CN)c1OCCC.Cl. The van der Waals surface area contributed by atoms with E-state index in [1.165, 1.54) is 0 Å². The van der Waals surface area contributed by atoms with Crippen LogP contribution >= 0.6 is 12.4 Å². The zero-order valence-corrected chi connectivity index (χ0v) is 11.8. The highest BCUT2D eigenvalue weighted by Gasteiger charge is 2.15. The number of aromatic hydroxyl groups is 1. The van der Waals surface area contributed by atoms with Crippen LogP contribution in [0.4, 0.5) is 0 Å². The number of benzene rings is 1. The molecule has 5 heteroatoms. The van der Waals surface area contributed by atoms with Crippen LogP contribution in [0.25, 0.3) is 0 Å². The molecule has 1 aromatic carbocycles. The van der Waals surface area contributed by atoms with Crippen LogP contribution in [0.3, 0.4) is 0 Å². The highest BCUT2D eigenvalue weighted by Crippen LogP contribution is 2.39. The third-order valence-corrected chi connectivity index (χ3v) is 2.29. The van der Waals surface area contributed by atoms with E-state index in [-0.39, 0.29) is 18.2 Å². The molecule has 0 atom stereocenters. The maximum Gasteiger partial charge on any atom is 0.203 e. The predicted molar refractivity (Wildman–Crippen MR) is 74.8 cm³/mol. The number of ether oxygens (including phenoxy) is 2. The summed E-state index contributed by atoms with van der Waals surface area (Å²) in [6.07, 6.45) is 1.77. The van der Waals surface area contributed by atoms with E-state index in [9.17, 15) is 5.11 Å².